The van der Waals surface area contributed by atoms with Gasteiger partial charge in [-0.05, 0) is 48.9 Å². The highest BCUT2D eigenvalue weighted by Gasteiger charge is 2.21. The van der Waals surface area contributed by atoms with Crippen LogP contribution in [0.1, 0.15) is 28.2 Å². The van der Waals surface area contributed by atoms with Crippen molar-refractivity contribution in [3.63, 3.8) is 0 Å². The van der Waals surface area contributed by atoms with Crippen LogP contribution in [-0.4, -0.2) is 26.1 Å². The lowest BCUT2D eigenvalue weighted by atomic mass is 10.1. The largest absolute Gasteiger partial charge is 0.339 e. The van der Waals surface area contributed by atoms with Gasteiger partial charge >= 0.3 is 0 Å². The highest BCUT2D eigenvalue weighted by Crippen LogP contribution is 2.26. The van der Waals surface area contributed by atoms with Crippen molar-refractivity contribution < 1.29 is 18.0 Å². The average molecular weight is 385 g/mol. The smallest absolute Gasteiger partial charge is 0.280 e. The van der Waals surface area contributed by atoms with E-state index in [0.717, 1.165) is 16.6 Å². The van der Waals surface area contributed by atoms with E-state index in [9.17, 15) is 18.0 Å². The summed E-state index contributed by atoms with van der Waals surface area (Å²) in [4.78, 5) is 19.7. The number of carbonyl (C=O) groups is 1. The molecular weight excluding hydrogens is 371 g/mol. The van der Waals surface area contributed by atoms with Gasteiger partial charge in [0, 0.05) is 16.6 Å². The number of aromatic amines is 2. The fourth-order valence-electron chi connectivity index (χ4n) is 2.90. The van der Waals surface area contributed by atoms with Crippen LogP contribution in [0.4, 0.5) is 18.9 Å². The fourth-order valence-corrected chi connectivity index (χ4v) is 2.90. The van der Waals surface area contributed by atoms with Gasteiger partial charge in [-0.25, -0.2) is 18.2 Å². The van der Waals surface area contributed by atoms with E-state index in [1.54, 1.807) is 18.2 Å². The van der Waals surface area contributed by atoms with Crippen molar-refractivity contribution >= 4 is 22.6 Å². The fraction of sp³-hybridized carbons (Fsp3) is 0.105. The Balaban J connectivity index is 1.59. The minimum Gasteiger partial charge on any atom is -0.339 e. The zero-order valence-corrected chi connectivity index (χ0v) is 14.6. The quantitative estimate of drug-likeness (QED) is 0.480. The van der Waals surface area contributed by atoms with Crippen LogP contribution in [0, 0.1) is 12.7 Å². The number of nitrogens with zero attached hydrogens (tertiary/aromatic N) is 2. The van der Waals surface area contributed by atoms with Crippen molar-refractivity contribution in [1.82, 2.24) is 20.2 Å². The highest BCUT2D eigenvalue weighted by atomic mass is 19.3. The molecule has 0 atom stereocenters. The Hall–Kier alpha value is -3.62. The molecule has 1 aromatic carbocycles. The summed E-state index contributed by atoms with van der Waals surface area (Å²) in [5.41, 5.74) is 2.13. The van der Waals surface area contributed by atoms with Crippen LogP contribution in [0.2, 0.25) is 0 Å². The number of aromatic nitrogens is 4. The number of amides is 1. The molecule has 0 saturated carbocycles. The molecule has 9 heteroatoms. The lowest BCUT2D eigenvalue weighted by Crippen LogP contribution is -2.14. The molecule has 0 radical (unpaired) electrons. The number of hydrogen-bond acceptors (Lipinski definition) is 3. The molecule has 0 aliphatic carbocycles. The number of alkyl halides is 2. The molecule has 3 N–H and O–H groups in total. The van der Waals surface area contributed by atoms with Gasteiger partial charge in [0.05, 0.1) is 11.9 Å². The number of anilines is 1. The Morgan fingerprint density at radius 1 is 1.18 bits per heavy atom. The van der Waals surface area contributed by atoms with Crippen LogP contribution >= 0.6 is 0 Å². The number of nitrogens with one attached hydrogen (secondary N) is 3. The second-order valence-corrected chi connectivity index (χ2v) is 6.22. The van der Waals surface area contributed by atoms with Crippen LogP contribution in [0.25, 0.3) is 22.3 Å². The summed E-state index contributed by atoms with van der Waals surface area (Å²) >= 11 is 0. The Bertz CT molecular complexity index is 1160. The number of benzene rings is 1. The maximum Gasteiger partial charge on any atom is 0.280 e. The first-order valence-electron chi connectivity index (χ1n) is 8.31. The second kappa shape index (κ2) is 6.84. The predicted octanol–water partition coefficient (Wildman–Crippen LogP) is 4.59. The Kier molecular flexibility index (Phi) is 4.34. The van der Waals surface area contributed by atoms with Gasteiger partial charge in [-0.15, -0.1) is 0 Å². The molecule has 3 heterocycles. The third-order valence-electron chi connectivity index (χ3n) is 4.36. The molecule has 0 spiro atoms. The van der Waals surface area contributed by atoms with Crippen molar-refractivity contribution in [2.75, 3.05) is 5.32 Å². The summed E-state index contributed by atoms with van der Waals surface area (Å²) in [6.07, 6.45) is -1.29. The average Bonchev–Trinajstić information content (AvgIpc) is 3.25. The number of fused-ring (bicyclic) bond motifs is 1. The van der Waals surface area contributed by atoms with Gasteiger partial charge in [0.25, 0.3) is 12.3 Å². The monoisotopic (exact) mass is 385 g/mol. The van der Waals surface area contributed by atoms with E-state index in [1.165, 1.54) is 25.3 Å². The van der Waals surface area contributed by atoms with Gasteiger partial charge in [0.15, 0.2) is 5.69 Å². The minimum absolute atomic E-state index is 0.0989. The van der Waals surface area contributed by atoms with Gasteiger partial charge in [-0.2, -0.15) is 5.10 Å². The van der Waals surface area contributed by atoms with Crippen LogP contribution in [0.5, 0.6) is 0 Å². The summed E-state index contributed by atoms with van der Waals surface area (Å²) in [5.74, 6) is -0.942. The van der Waals surface area contributed by atoms with E-state index in [-0.39, 0.29) is 22.8 Å². The standard InChI is InChI=1S/C19H14F3N5O/c1-9-15(17(21)22)26-27-16(9)19(28)24-13-6-11-7-14(25-18(11)23-8-13)10-2-4-12(20)5-3-10/h2-8,17H,1H3,(H,23,25)(H,24,28)(H,26,27). The molecule has 1 amide bonds. The Morgan fingerprint density at radius 3 is 2.61 bits per heavy atom. The zero-order valence-electron chi connectivity index (χ0n) is 14.6. The van der Waals surface area contributed by atoms with Crippen molar-refractivity contribution in [2.45, 2.75) is 13.3 Å². The van der Waals surface area contributed by atoms with Crippen molar-refractivity contribution in [3.05, 3.63) is 65.4 Å². The van der Waals surface area contributed by atoms with Crippen LogP contribution in [0.15, 0.2) is 42.6 Å². The van der Waals surface area contributed by atoms with E-state index in [2.05, 4.69) is 25.5 Å². The summed E-state index contributed by atoms with van der Waals surface area (Å²) < 4.78 is 38.7. The predicted molar refractivity (Wildman–Crippen MR) is 97.7 cm³/mol. The number of rotatable bonds is 4. The number of H-pyrrole nitrogens is 2. The van der Waals surface area contributed by atoms with Crippen molar-refractivity contribution in [1.29, 1.82) is 0 Å². The Labute approximate surface area is 156 Å². The summed E-state index contributed by atoms with van der Waals surface area (Å²) in [5, 5.41) is 9.19. The normalized spacial score (nSPS) is 11.3. The molecule has 3 aromatic heterocycles. The maximum atomic E-state index is 13.1. The lowest BCUT2D eigenvalue weighted by Gasteiger charge is -2.04. The van der Waals surface area contributed by atoms with Gasteiger partial charge in [-0.1, -0.05) is 0 Å². The van der Waals surface area contributed by atoms with E-state index in [1.807, 2.05) is 6.07 Å². The van der Waals surface area contributed by atoms with Crippen LogP contribution in [-0.2, 0) is 0 Å². The summed E-state index contributed by atoms with van der Waals surface area (Å²) in [7, 11) is 0. The third kappa shape index (κ3) is 3.22. The molecular formula is C19H14F3N5O. The maximum absolute atomic E-state index is 13.1. The number of pyridine rings is 1. The van der Waals surface area contributed by atoms with E-state index in [4.69, 9.17) is 0 Å². The molecule has 0 aliphatic heterocycles. The topological polar surface area (TPSA) is 86.5 Å². The van der Waals surface area contributed by atoms with Gasteiger partial charge in [0.1, 0.15) is 17.2 Å². The molecule has 0 aliphatic rings. The van der Waals surface area contributed by atoms with Crippen molar-refractivity contribution in [3.8, 4) is 11.3 Å². The van der Waals surface area contributed by atoms with Crippen LogP contribution in [0.3, 0.4) is 0 Å². The third-order valence-corrected chi connectivity index (χ3v) is 4.36. The first-order chi connectivity index (χ1) is 13.4. The number of carbonyl (C=O) groups excluding carboxylic acids is 1. The number of halogens is 3. The lowest BCUT2D eigenvalue weighted by molar-refractivity contribution is 0.102. The zero-order chi connectivity index (χ0) is 19.8. The van der Waals surface area contributed by atoms with Gasteiger partial charge in [-0.3, -0.25) is 9.89 Å². The highest BCUT2D eigenvalue weighted by molar-refractivity contribution is 6.04. The second-order valence-electron chi connectivity index (χ2n) is 6.22. The van der Waals surface area contributed by atoms with Gasteiger partial charge in [0.2, 0.25) is 0 Å². The molecule has 0 fully saturated rings. The summed E-state index contributed by atoms with van der Waals surface area (Å²) in [6.45, 7) is 1.41. The molecule has 0 saturated heterocycles. The minimum atomic E-state index is -2.74. The molecule has 28 heavy (non-hydrogen) atoms. The first-order valence-corrected chi connectivity index (χ1v) is 8.31. The van der Waals surface area contributed by atoms with E-state index >= 15 is 0 Å². The van der Waals surface area contributed by atoms with Gasteiger partial charge < -0.3 is 10.3 Å². The van der Waals surface area contributed by atoms with Crippen molar-refractivity contribution in [2.24, 2.45) is 0 Å². The van der Waals surface area contributed by atoms with Crippen LogP contribution < -0.4 is 5.32 Å². The number of hydrogen-bond donors (Lipinski definition) is 3. The Morgan fingerprint density at radius 2 is 1.93 bits per heavy atom. The SMILES string of the molecule is Cc1c(C(=O)Nc2cnc3[nH]c(-c4ccc(F)cc4)cc3c2)n[nH]c1C(F)F. The molecule has 0 bridgehead atoms. The molecule has 4 rings (SSSR count). The molecule has 4 aromatic rings. The first kappa shape index (κ1) is 17.8. The van der Waals surface area contributed by atoms with E-state index in [0.29, 0.717) is 11.3 Å². The molecule has 6 nitrogen and oxygen atoms in total. The summed E-state index contributed by atoms with van der Waals surface area (Å²) in [6, 6.07) is 9.52. The molecule has 0 unspecified atom stereocenters. The molecule has 142 valence electrons. The van der Waals surface area contributed by atoms with E-state index < -0.39 is 12.3 Å².